The molecule has 0 spiro atoms. The number of carboxylic acids is 1. The molecule has 1 atom stereocenters. The fourth-order valence-electron chi connectivity index (χ4n) is 0.655. The molecule has 0 aromatic heterocycles. The zero-order chi connectivity index (χ0) is 8.20. The molecule has 0 heterocycles. The number of hydrogen-bond acceptors (Lipinski definition) is 3. The van der Waals surface area contributed by atoms with Crippen LogP contribution in [0.4, 0.5) is 0 Å². The van der Waals surface area contributed by atoms with Crippen LogP contribution in [0.15, 0.2) is 0 Å². The number of aliphatic hydroxyl groups is 2. The van der Waals surface area contributed by atoms with Crippen LogP contribution in [-0.2, 0) is 4.79 Å². The predicted octanol–water partition coefficient (Wildman–Crippen LogP) is -3.40. The van der Waals surface area contributed by atoms with E-state index in [1.54, 1.807) is 0 Å². The summed E-state index contributed by atoms with van der Waals surface area (Å²) in [6.45, 7) is 1.19. The molecule has 3 N–H and O–H groups in total. The molecule has 5 heteroatoms. The van der Waals surface area contributed by atoms with Crippen molar-refractivity contribution in [2.24, 2.45) is 0 Å². The van der Waals surface area contributed by atoms with Crippen LogP contribution in [0.1, 0.15) is 19.8 Å². The monoisotopic (exact) mass is 155 g/mol. The van der Waals surface area contributed by atoms with E-state index in [9.17, 15) is 4.79 Å². The number of aliphatic carboxylic acids is 1. The maximum absolute atomic E-state index is 10.0. The minimum absolute atomic E-state index is 0. The zero-order valence-electron chi connectivity index (χ0n) is 6.87. The molecule has 0 aromatic carbocycles. The van der Waals surface area contributed by atoms with Gasteiger partial charge < -0.3 is 15.3 Å². The second-order valence-corrected chi connectivity index (χ2v) is 2.54. The Morgan fingerprint density at radius 3 is 2.27 bits per heavy atom. The van der Waals surface area contributed by atoms with Crippen LogP contribution in [0.2, 0.25) is 0 Å². The molecule has 0 rings (SSSR count). The molecule has 0 fully saturated rings. The maximum Gasteiger partial charge on any atom is 1.00 e. The van der Waals surface area contributed by atoms with Crippen molar-refractivity contribution in [2.75, 3.05) is 6.61 Å². The van der Waals surface area contributed by atoms with Crippen LogP contribution < -0.4 is 18.9 Å². The van der Waals surface area contributed by atoms with E-state index in [2.05, 4.69) is 0 Å². The van der Waals surface area contributed by atoms with Crippen molar-refractivity contribution in [1.82, 2.24) is 0 Å². The van der Waals surface area contributed by atoms with E-state index < -0.39 is 11.6 Å². The molecule has 0 aliphatic heterocycles. The van der Waals surface area contributed by atoms with E-state index in [-0.39, 0.29) is 38.3 Å². The summed E-state index contributed by atoms with van der Waals surface area (Å²) in [5.74, 6) is -1.06. The Morgan fingerprint density at radius 1 is 1.55 bits per heavy atom. The van der Waals surface area contributed by atoms with Crippen molar-refractivity contribution in [3.63, 3.8) is 0 Å². The normalized spacial score (nSPS) is 14.8. The Bertz CT molecular complexity index is 124. The first-order valence-electron chi connectivity index (χ1n) is 3.03. The SMILES string of the molecule is CC(O)(CCO)CC(=O)O.[Li+]. The molecule has 0 radical (unpaired) electrons. The molecule has 4 nitrogen and oxygen atoms in total. The summed E-state index contributed by atoms with van der Waals surface area (Å²) in [6, 6.07) is 0. The second kappa shape index (κ2) is 5.61. The number of aliphatic hydroxyl groups excluding tert-OH is 1. The Hall–Kier alpha value is -0.0126. The molecule has 0 amide bonds. The van der Waals surface area contributed by atoms with Crippen molar-refractivity contribution >= 4 is 5.97 Å². The quantitative estimate of drug-likeness (QED) is 0.370. The van der Waals surface area contributed by atoms with E-state index in [4.69, 9.17) is 15.3 Å². The molecule has 0 saturated heterocycles. The molecule has 0 aliphatic carbocycles. The van der Waals surface area contributed by atoms with Gasteiger partial charge in [-0.1, -0.05) is 0 Å². The van der Waals surface area contributed by atoms with Crippen molar-refractivity contribution in [3.8, 4) is 0 Å². The Morgan fingerprint density at radius 2 is 2.00 bits per heavy atom. The Kier molecular flexibility index (Phi) is 6.92. The Balaban J connectivity index is 0. The number of hydrogen-bond donors (Lipinski definition) is 3. The fraction of sp³-hybridized carbons (Fsp3) is 0.833. The summed E-state index contributed by atoms with van der Waals surface area (Å²) in [6.07, 6.45) is -0.229. The average Bonchev–Trinajstić information content (AvgIpc) is 1.59. The van der Waals surface area contributed by atoms with E-state index in [1.807, 2.05) is 0 Å². The third kappa shape index (κ3) is 7.89. The fourth-order valence-corrected chi connectivity index (χ4v) is 0.655. The molecular formula is C6H12LiO4+. The van der Waals surface area contributed by atoms with Crippen LogP contribution in [0.5, 0.6) is 0 Å². The van der Waals surface area contributed by atoms with Crippen LogP contribution in [0, 0.1) is 0 Å². The van der Waals surface area contributed by atoms with Crippen molar-refractivity contribution in [3.05, 3.63) is 0 Å². The molecule has 0 saturated carbocycles. The number of carbonyl (C=O) groups is 1. The summed E-state index contributed by atoms with van der Waals surface area (Å²) in [5, 5.41) is 25.7. The molecule has 0 aliphatic rings. The third-order valence-electron chi connectivity index (χ3n) is 1.18. The second-order valence-electron chi connectivity index (χ2n) is 2.54. The summed E-state index contributed by atoms with van der Waals surface area (Å²) >= 11 is 0. The summed E-state index contributed by atoms with van der Waals surface area (Å²) in [5.41, 5.74) is -1.28. The smallest absolute Gasteiger partial charge is 0.481 e. The minimum atomic E-state index is -1.28. The van der Waals surface area contributed by atoms with Gasteiger partial charge in [0, 0.05) is 6.61 Å². The molecule has 0 bridgehead atoms. The predicted molar refractivity (Wildman–Crippen MR) is 34.6 cm³/mol. The molecular weight excluding hydrogens is 143 g/mol. The van der Waals surface area contributed by atoms with E-state index in [0.29, 0.717) is 0 Å². The van der Waals surface area contributed by atoms with E-state index >= 15 is 0 Å². The van der Waals surface area contributed by atoms with Gasteiger partial charge in [0.25, 0.3) is 0 Å². The van der Waals surface area contributed by atoms with Crippen LogP contribution >= 0.6 is 0 Å². The van der Waals surface area contributed by atoms with E-state index in [0.717, 1.165) is 0 Å². The van der Waals surface area contributed by atoms with Gasteiger partial charge in [0.1, 0.15) is 0 Å². The minimum Gasteiger partial charge on any atom is -0.481 e. The maximum atomic E-state index is 10.0. The Labute approximate surface area is 77.4 Å². The van der Waals surface area contributed by atoms with Crippen molar-refractivity contribution in [1.29, 1.82) is 0 Å². The van der Waals surface area contributed by atoms with Gasteiger partial charge in [-0.2, -0.15) is 0 Å². The summed E-state index contributed by atoms with van der Waals surface area (Å²) < 4.78 is 0. The molecule has 0 aromatic rings. The molecule has 1 unspecified atom stereocenters. The van der Waals surface area contributed by atoms with Gasteiger partial charge in [0.2, 0.25) is 0 Å². The number of carboxylic acid groups (broad SMARTS) is 1. The topological polar surface area (TPSA) is 77.8 Å². The zero-order valence-corrected chi connectivity index (χ0v) is 6.87. The van der Waals surface area contributed by atoms with Gasteiger partial charge in [-0.3, -0.25) is 4.79 Å². The van der Waals surface area contributed by atoms with E-state index in [1.165, 1.54) is 6.92 Å². The van der Waals surface area contributed by atoms with Crippen LogP contribution in [-0.4, -0.2) is 33.5 Å². The number of rotatable bonds is 4. The van der Waals surface area contributed by atoms with Gasteiger partial charge >= 0.3 is 24.8 Å². The van der Waals surface area contributed by atoms with Crippen LogP contribution in [0.25, 0.3) is 0 Å². The third-order valence-corrected chi connectivity index (χ3v) is 1.18. The molecule has 60 valence electrons. The van der Waals surface area contributed by atoms with Gasteiger partial charge in [0.15, 0.2) is 0 Å². The largest absolute Gasteiger partial charge is 1.00 e. The van der Waals surface area contributed by atoms with Gasteiger partial charge in [0.05, 0.1) is 12.0 Å². The first kappa shape index (κ1) is 13.6. The van der Waals surface area contributed by atoms with Crippen molar-refractivity contribution in [2.45, 2.75) is 25.4 Å². The first-order valence-corrected chi connectivity index (χ1v) is 3.03. The van der Waals surface area contributed by atoms with Crippen molar-refractivity contribution < 1.29 is 39.0 Å². The van der Waals surface area contributed by atoms with Crippen LogP contribution in [0.3, 0.4) is 0 Å². The van der Waals surface area contributed by atoms with Gasteiger partial charge in [-0.05, 0) is 13.3 Å². The summed E-state index contributed by atoms with van der Waals surface area (Å²) in [7, 11) is 0. The first-order chi connectivity index (χ1) is 4.48. The molecule has 11 heavy (non-hydrogen) atoms. The standard InChI is InChI=1S/C6H12O4.Li/c1-6(10,2-3-7)4-5(8)9;/h7,10H,2-4H2,1H3,(H,8,9);/q;+1. The van der Waals surface area contributed by atoms with Gasteiger partial charge in [-0.15, -0.1) is 0 Å². The average molecular weight is 155 g/mol. The van der Waals surface area contributed by atoms with Gasteiger partial charge in [-0.25, -0.2) is 0 Å². The summed E-state index contributed by atoms with van der Waals surface area (Å²) in [4.78, 5) is 10.0.